The van der Waals surface area contributed by atoms with Crippen LogP contribution in [0.25, 0.3) is 10.8 Å². The zero-order valence-corrected chi connectivity index (χ0v) is 15.5. The Morgan fingerprint density at radius 3 is 2.46 bits per heavy atom. The van der Waals surface area contributed by atoms with Crippen molar-refractivity contribution >= 4 is 28.3 Å². The van der Waals surface area contributed by atoms with E-state index in [2.05, 4.69) is 5.32 Å². The smallest absolute Gasteiger partial charge is 0.259 e. The van der Waals surface area contributed by atoms with Crippen molar-refractivity contribution in [3.63, 3.8) is 0 Å². The number of nitrogens with one attached hydrogen (secondary N) is 1. The summed E-state index contributed by atoms with van der Waals surface area (Å²) in [5.74, 6) is 1.09. The van der Waals surface area contributed by atoms with Crippen LogP contribution >= 0.6 is 0 Å². The van der Waals surface area contributed by atoms with Gasteiger partial charge in [0.05, 0.1) is 19.3 Å². The summed E-state index contributed by atoms with van der Waals surface area (Å²) < 4.78 is 10.7. The zero-order chi connectivity index (χ0) is 19.5. The van der Waals surface area contributed by atoms with E-state index in [9.17, 15) is 9.59 Å². The van der Waals surface area contributed by atoms with Gasteiger partial charge in [0.1, 0.15) is 24.7 Å². The molecule has 0 spiro atoms. The molecule has 0 saturated carbocycles. The van der Waals surface area contributed by atoms with Crippen LogP contribution in [-0.2, 0) is 4.79 Å². The monoisotopic (exact) mass is 376 g/mol. The molecule has 0 radical (unpaired) electrons. The number of carbonyl (C=O) groups excluding carboxylic acids is 2. The van der Waals surface area contributed by atoms with Crippen LogP contribution in [0.2, 0.25) is 0 Å². The number of ether oxygens (including phenoxy) is 2. The fourth-order valence-corrected chi connectivity index (χ4v) is 3.37. The number of rotatable bonds is 7. The van der Waals surface area contributed by atoms with Gasteiger partial charge in [-0.1, -0.05) is 24.3 Å². The van der Waals surface area contributed by atoms with Gasteiger partial charge in [-0.05, 0) is 41.8 Å². The van der Waals surface area contributed by atoms with Gasteiger partial charge in [-0.25, -0.2) is 0 Å². The zero-order valence-electron chi connectivity index (χ0n) is 15.5. The minimum absolute atomic E-state index is 0.0187. The van der Waals surface area contributed by atoms with Gasteiger partial charge in [0.2, 0.25) is 5.91 Å². The molecule has 3 aromatic rings. The molecule has 0 unspecified atom stereocenters. The van der Waals surface area contributed by atoms with E-state index in [1.807, 2.05) is 42.5 Å². The summed E-state index contributed by atoms with van der Waals surface area (Å²) in [6.45, 7) is 0.668. The molecule has 6 heteroatoms. The van der Waals surface area contributed by atoms with Crippen LogP contribution in [0.5, 0.6) is 11.5 Å². The second-order valence-corrected chi connectivity index (χ2v) is 6.45. The molecule has 0 atom stereocenters. The highest BCUT2D eigenvalue weighted by molar-refractivity contribution is 6.26. The molecule has 0 aliphatic carbocycles. The Bertz CT molecular complexity index is 1030. The second-order valence-electron chi connectivity index (χ2n) is 6.45. The molecular weight excluding hydrogens is 356 g/mol. The normalized spacial score (nSPS) is 12.3. The van der Waals surface area contributed by atoms with E-state index in [1.54, 1.807) is 25.3 Å². The van der Waals surface area contributed by atoms with Crippen molar-refractivity contribution in [2.45, 2.75) is 0 Å². The topological polar surface area (TPSA) is 67.9 Å². The lowest BCUT2D eigenvalue weighted by Crippen LogP contribution is -2.40. The van der Waals surface area contributed by atoms with Gasteiger partial charge in [-0.15, -0.1) is 0 Å². The number of benzene rings is 3. The van der Waals surface area contributed by atoms with Gasteiger partial charge in [0.15, 0.2) is 0 Å². The summed E-state index contributed by atoms with van der Waals surface area (Å²) in [5, 5.41) is 4.71. The van der Waals surface area contributed by atoms with E-state index < -0.39 is 0 Å². The maximum atomic E-state index is 12.7. The number of nitrogens with zero attached hydrogens (tertiary/aromatic N) is 1. The van der Waals surface area contributed by atoms with Crippen molar-refractivity contribution in [2.24, 2.45) is 0 Å². The van der Waals surface area contributed by atoms with E-state index in [4.69, 9.17) is 9.47 Å². The highest BCUT2D eigenvalue weighted by Crippen LogP contribution is 2.36. The Morgan fingerprint density at radius 1 is 1.00 bits per heavy atom. The van der Waals surface area contributed by atoms with Crippen LogP contribution in [0.1, 0.15) is 10.4 Å². The molecule has 0 bridgehead atoms. The molecule has 1 N–H and O–H groups in total. The molecule has 0 aromatic heterocycles. The van der Waals surface area contributed by atoms with E-state index in [0.29, 0.717) is 24.5 Å². The third-order valence-electron chi connectivity index (χ3n) is 4.70. The highest BCUT2D eigenvalue weighted by Gasteiger charge is 2.30. The largest absolute Gasteiger partial charge is 0.497 e. The number of hydrogen-bond acceptors (Lipinski definition) is 4. The first-order valence-electron chi connectivity index (χ1n) is 9.04. The molecule has 4 rings (SSSR count). The highest BCUT2D eigenvalue weighted by atomic mass is 16.5. The van der Waals surface area contributed by atoms with Crippen molar-refractivity contribution in [1.82, 2.24) is 5.32 Å². The van der Waals surface area contributed by atoms with Crippen molar-refractivity contribution in [2.75, 3.05) is 31.7 Å². The Balaban J connectivity index is 1.32. The van der Waals surface area contributed by atoms with Gasteiger partial charge in [0, 0.05) is 10.9 Å². The summed E-state index contributed by atoms with van der Waals surface area (Å²) >= 11 is 0. The Labute approximate surface area is 162 Å². The van der Waals surface area contributed by atoms with Crippen LogP contribution < -0.4 is 19.7 Å². The molecule has 1 heterocycles. The molecule has 3 aromatic carbocycles. The number of amides is 2. The number of methoxy groups -OCH3 is 1. The second kappa shape index (κ2) is 7.60. The van der Waals surface area contributed by atoms with E-state index >= 15 is 0 Å². The van der Waals surface area contributed by atoms with Crippen LogP contribution in [0, 0.1) is 0 Å². The van der Waals surface area contributed by atoms with Crippen molar-refractivity contribution in [1.29, 1.82) is 0 Å². The van der Waals surface area contributed by atoms with Crippen LogP contribution in [0.15, 0.2) is 60.7 Å². The summed E-state index contributed by atoms with van der Waals surface area (Å²) in [5.41, 5.74) is 1.42. The predicted molar refractivity (Wildman–Crippen MR) is 107 cm³/mol. The maximum absolute atomic E-state index is 12.7. The van der Waals surface area contributed by atoms with E-state index in [0.717, 1.165) is 22.2 Å². The lowest BCUT2D eigenvalue weighted by atomic mass is 10.1. The van der Waals surface area contributed by atoms with Crippen molar-refractivity contribution < 1.29 is 19.1 Å². The number of hydrogen-bond donors (Lipinski definition) is 1. The lowest BCUT2D eigenvalue weighted by molar-refractivity contribution is -0.119. The van der Waals surface area contributed by atoms with Gasteiger partial charge >= 0.3 is 0 Å². The minimum atomic E-state index is -0.225. The molecule has 1 aliphatic heterocycles. The average molecular weight is 376 g/mol. The molecule has 0 fully saturated rings. The first-order valence-corrected chi connectivity index (χ1v) is 9.04. The SMILES string of the molecule is COc1ccc(OCCNC(=O)CN2C(=O)c3cccc4cccc2c34)cc1. The summed E-state index contributed by atoms with van der Waals surface area (Å²) in [4.78, 5) is 26.5. The quantitative estimate of drug-likeness (QED) is 0.644. The van der Waals surface area contributed by atoms with Gasteiger partial charge in [0.25, 0.3) is 5.91 Å². The number of carbonyl (C=O) groups is 2. The summed E-state index contributed by atoms with van der Waals surface area (Å²) in [6.07, 6.45) is 0. The Morgan fingerprint density at radius 2 is 1.71 bits per heavy atom. The first-order chi connectivity index (χ1) is 13.7. The predicted octanol–water partition coefficient (Wildman–Crippen LogP) is 3.00. The Kier molecular flexibility index (Phi) is 4.85. The minimum Gasteiger partial charge on any atom is -0.497 e. The van der Waals surface area contributed by atoms with Crippen LogP contribution in [-0.4, -0.2) is 38.6 Å². The van der Waals surface area contributed by atoms with E-state index in [-0.39, 0.29) is 18.4 Å². The van der Waals surface area contributed by atoms with Gasteiger partial charge in [-0.2, -0.15) is 0 Å². The van der Waals surface area contributed by atoms with Gasteiger partial charge < -0.3 is 14.8 Å². The fourth-order valence-electron chi connectivity index (χ4n) is 3.37. The maximum Gasteiger partial charge on any atom is 0.259 e. The molecule has 2 amide bonds. The lowest BCUT2D eigenvalue weighted by Gasteiger charge is -2.17. The molecule has 142 valence electrons. The fraction of sp³-hybridized carbons (Fsp3) is 0.182. The Hall–Kier alpha value is -3.54. The molecule has 28 heavy (non-hydrogen) atoms. The molecule has 0 saturated heterocycles. The van der Waals surface area contributed by atoms with Crippen molar-refractivity contribution in [3.8, 4) is 11.5 Å². The first kappa shape index (κ1) is 17.9. The third-order valence-corrected chi connectivity index (χ3v) is 4.70. The summed E-state index contributed by atoms with van der Waals surface area (Å²) in [7, 11) is 1.61. The van der Waals surface area contributed by atoms with E-state index in [1.165, 1.54) is 4.90 Å². The van der Waals surface area contributed by atoms with Crippen LogP contribution in [0.4, 0.5) is 5.69 Å². The molecule has 6 nitrogen and oxygen atoms in total. The third kappa shape index (κ3) is 3.36. The van der Waals surface area contributed by atoms with Gasteiger partial charge in [-0.3, -0.25) is 14.5 Å². The van der Waals surface area contributed by atoms with Crippen molar-refractivity contribution in [3.05, 3.63) is 66.2 Å². The number of anilines is 1. The average Bonchev–Trinajstić information content (AvgIpc) is 3.00. The molecular formula is C22H20N2O4. The molecule has 1 aliphatic rings. The summed E-state index contributed by atoms with van der Waals surface area (Å²) in [6, 6.07) is 18.6. The van der Waals surface area contributed by atoms with Crippen LogP contribution in [0.3, 0.4) is 0 Å². The standard InChI is InChI=1S/C22H20N2O4/c1-27-16-8-10-17(11-9-16)28-13-12-23-20(25)14-24-19-7-3-5-15-4-2-6-18(21(15)19)22(24)26/h2-11H,12-14H2,1H3,(H,23,25).